The molecule has 0 unspecified atom stereocenters. The fourth-order valence-electron chi connectivity index (χ4n) is 3.33. The predicted molar refractivity (Wildman–Crippen MR) is 106 cm³/mol. The summed E-state index contributed by atoms with van der Waals surface area (Å²) in [5.74, 6) is 0.704. The maximum atomic E-state index is 10.6. The normalized spacial score (nSPS) is 13.6. The molecule has 2 aromatic carbocycles. The Hall–Kier alpha value is -1.72. The van der Waals surface area contributed by atoms with Gasteiger partial charge in [0.25, 0.3) is 0 Å². The van der Waals surface area contributed by atoms with Crippen LogP contribution in [0.1, 0.15) is 23.1 Å². The summed E-state index contributed by atoms with van der Waals surface area (Å²) < 4.78 is 2.13. The first kappa shape index (κ1) is 17.7. The minimum Gasteiger partial charge on any atom is -0.382 e. The molecule has 0 aliphatic rings. The largest absolute Gasteiger partial charge is 0.382 e. The first-order valence-corrected chi connectivity index (χ1v) is 9.26. The highest BCUT2D eigenvalue weighted by molar-refractivity contribution is 6.68. The zero-order valence-corrected chi connectivity index (χ0v) is 16.2. The molecule has 4 rings (SSSR count). The number of rotatable bonds is 3. The number of nitrogens with zero attached hydrogens (tertiary/aromatic N) is 3. The number of hydrogen-bond donors (Lipinski definition) is 1. The summed E-state index contributed by atoms with van der Waals surface area (Å²) in [7, 11) is 0. The van der Waals surface area contributed by atoms with E-state index < -0.39 is 9.90 Å². The zero-order chi connectivity index (χ0) is 18.5. The van der Waals surface area contributed by atoms with Gasteiger partial charge in [0.2, 0.25) is 9.57 Å². The highest BCUT2D eigenvalue weighted by Crippen LogP contribution is 2.41. The number of aryl methyl sites for hydroxylation is 1. The van der Waals surface area contributed by atoms with Gasteiger partial charge in [0.15, 0.2) is 0 Å². The first-order chi connectivity index (χ1) is 12.4. The maximum Gasteiger partial charge on any atom is 0.221 e. The molecule has 0 fully saturated rings. The molecule has 1 N–H and O–H groups in total. The molecular formula is C19H16Cl3N3O. The van der Waals surface area contributed by atoms with E-state index >= 15 is 0 Å². The van der Waals surface area contributed by atoms with Crippen LogP contribution in [0.25, 0.3) is 16.8 Å². The lowest BCUT2D eigenvalue weighted by Gasteiger charge is -2.19. The van der Waals surface area contributed by atoms with Gasteiger partial charge in [0.05, 0.1) is 29.0 Å². The zero-order valence-electron chi connectivity index (χ0n) is 13.9. The highest BCUT2D eigenvalue weighted by atomic mass is 35.6. The van der Waals surface area contributed by atoms with Crippen LogP contribution in [0.3, 0.4) is 0 Å². The number of alkyl halides is 3. The lowest BCUT2D eigenvalue weighted by Crippen LogP contribution is -2.19. The molecule has 4 aromatic rings. The van der Waals surface area contributed by atoms with Gasteiger partial charge in [-0.15, -0.1) is 0 Å². The van der Waals surface area contributed by atoms with Crippen LogP contribution >= 0.6 is 34.8 Å². The van der Waals surface area contributed by atoms with Crippen LogP contribution in [0.5, 0.6) is 0 Å². The summed E-state index contributed by atoms with van der Waals surface area (Å²) in [4.78, 5) is 4.67. The molecule has 0 aliphatic heterocycles. The molecular weight excluding hydrogens is 393 g/mol. The maximum absolute atomic E-state index is 10.6. The van der Waals surface area contributed by atoms with E-state index in [2.05, 4.69) is 21.7 Å². The van der Waals surface area contributed by atoms with Crippen molar-refractivity contribution in [3.63, 3.8) is 0 Å². The van der Waals surface area contributed by atoms with E-state index in [-0.39, 0.29) is 0 Å². The van der Waals surface area contributed by atoms with Gasteiger partial charge < -0.3 is 9.67 Å². The summed E-state index contributed by atoms with van der Waals surface area (Å²) >= 11 is 17.9. The molecule has 134 valence electrons. The number of hydrogen-bond acceptors (Lipinski definition) is 2. The number of halogens is 3. The summed E-state index contributed by atoms with van der Waals surface area (Å²) in [5.41, 5.74) is 4.17. The summed E-state index contributed by atoms with van der Waals surface area (Å²) in [6, 6.07) is 18.0. The smallest absolute Gasteiger partial charge is 0.221 e. The topological polar surface area (TPSA) is 42.5 Å². The van der Waals surface area contributed by atoms with Crippen LogP contribution in [0, 0.1) is 6.92 Å². The Bertz CT molecular complexity index is 1080. The van der Waals surface area contributed by atoms with Gasteiger partial charge in [0.1, 0.15) is 6.10 Å². The summed E-state index contributed by atoms with van der Waals surface area (Å²) in [5, 5.41) is 10.6. The van der Waals surface area contributed by atoms with Crippen molar-refractivity contribution in [2.24, 2.45) is 0 Å². The Morgan fingerprint density at radius 1 is 1.00 bits per heavy atom. The Kier molecular flexibility index (Phi) is 4.40. The molecule has 0 radical (unpaired) electrons. The number of imidazole rings is 2. The average molecular weight is 409 g/mol. The molecule has 0 bridgehead atoms. The molecule has 0 aliphatic carbocycles. The van der Waals surface area contributed by atoms with E-state index in [1.165, 1.54) is 0 Å². The van der Waals surface area contributed by atoms with Crippen LogP contribution in [0.15, 0.2) is 54.6 Å². The van der Waals surface area contributed by atoms with Crippen LogP contribution in [0.2, 0.25) is 0 Å². The lowest BCUT2D eigenvalue weighted by molar-refractivity contribution is 0.176. The number of aromatic nitrogens is 3. The van der Waals surface area contributed by atoms with Gasteiger partial charge in [0, 0.05) is 0 Å². The fourth-order valence-corrected chi connectivity index (χ4v) is 3.64. The highest BCUT2D eigenvalue weighted by Gasteiger charge is 2.36. The lowest BCUT2D eigenvalue weighted by atomic mass is 10.2. The minimum atomic E-state index is -1.84. The third kappa shape index (κ3) is 2.87. The molecule has 2 aromatic heterocycles. The van der Waals surface area contributed by atoms with E-state index in [0.717, 1.165) is 16.6 Å². The van der Waals surface area contributed by atoms with Crippen molar-refractivity contribution in [3.8, 4) is 0 Å². The van der Waals surface area contributed by atoms with E-state index in [1.54, 1.807) is 0 Å². The van der Waals surface area contributed by atoms with E-state index in [9.17, 15) is 5.11 Å². The van der Waals surface area contributed by atoms with Crippen molar-refractivity contribution < 1.29 is 5.11 Å². The molecule has 7 heteroatoms. The average Bonchev–Trinajstić information content (AvgIpc) is 3.09. The second kappa shape index (κ2) is 6.46. The molecule has 26 heavy (non-hydrogen) atoms. The van der Waals surface area contributed by atoms with Crippen molar-refractivity contribution in [2.75, 3.05) is 0 Å². The summed E-state index contributed by atoms with van der Waals surface area (Å²) in [6.45, 7) is 2.46. The number of benzene rings is 2. The Morgan fingerprint density at radius 3 is 2.27 bits per heavy atom. The number of fused-ring (bicyclic) bond motifs is 3. The second-order valence-electron chi connectivity index (χ2n) is 6.22. The number of aliphatic hydroxyl groups is 1. The SMILES string of the molecule is Cc1nc2n(Cc3ccccc3)c3ccccc3n2c1[C@@H](O)C(Cl)(Cl)Cl. The van der Waals surface area contributed by atoms with Crippen molar-refractivity contribution in [3.05, 3.63) is 71.5 Å². The third-order valence-electron chi connectivity index (χ3n) is 4.49. The van der Waals surface area contributed by atoms with E-state index in [1.807, 2.05) is 53.8 Å². The van der Waals surface area contributed by atoms with Gasteiger partial charge in [-0.25, -0.2) is 4.98 Å². The number of aliphatic hydroxyl groups excluding tert-OH is 1. The Balaban J connectivity index is 2.01. The molecule has 0 amide bonds. The first-order valence-electron chi connectivity index (χ1n) is 8.13. The second-order valence-corrected chi connectivity index (χ2v) is 8.59. The minimum absolute atomic E-state index is 0.489. The Labute approximate surface area is 165 Å². The van der Waals surface area contributed by atoms with Crippen molar-refractivity contribution in [1.82, 2.24) is 14.0 Å². The predicted octanol–water partition coefficient (Wildman–Crippen LogP) is 5.05. The molecule has 0 saturated carbocycles. The molecule has 4 nitrogen and oxygen atoms in total. The van der Waals surface area contributed by atoms with E-state index in [4.69, 9.17) is 34.8 Å². The van der Waals surface area contributed by atoms with Gasteiger partial charge in [-0.1, -0.05) is 77.3 Å². The molecule has 1 atom stereocenters. The monoisotopic (exact) mass is 407 g/mol. The standard InChI is InChI=1S/C19H16Cl3N3O/c1-12-16(17(26)19(20,21)22)25-15-10-6-5-9-14(15)24(18(25)23-12)11-13-7-3-2-4-8-13/h2-10,17,26H,11H2,1H3/t17-/m1/s1. The van der Waals surface area contributed by atoms with Gasteiger partial charge >= 0.3 is 0 Å². The van der Waals surface area contributed by atoms with Gasteiger partial charge in [-0.2, -0.15) is 0 Å². The van der Waals surface area contributed by atoms with Crippen molar-refractivity contribution in [1.29, 1.82) is 0 Å². The Morgan fingerprint density at radius 2 is 1.62 bits per heavy atom. The third-order valence-corrected chi connectivity index (χ3v) is 5.11. The van der Waals surface area contributed by atoms with Gasteiger partial charge in [-0.3, -0.25) is 4.40 Å². The van der Waals surface area contributed by atoms with Crippen LogP contribution in [-0.2, 0) is 6.54 Å². The van der Waals surface area contributed by atoms with Gasteiger partial charge in [-0.05, 0) is 24.6 Å². The number of para-hydroxylation sites is 2. The molecule has 2 heterocycles. The van der Waals surface area contributed by atoms with Crippen LogP contribution in [0.4, 0.5) is 0 Å². The van der Waals surface area contributed by atoms with Crippen molar-refractivity contribution >= 4 is 51.6 Å². The van der Waals surface area contributed by atoms with Crippen LogP contribution < -0.4 is 0 Å². The molecule has 0 saturated heterocycles. The quantitative estimate of drug-likeness (QED) is 0.482. The van der Waals surface area contributed by atoms with E-state index in [0.29, 0.717) is 23.7 Å². The molecule has 0 spiro atoms. The summed E-state index contributed by atoms with van der Waals surface area (Å²) in [6.07, 6.45) is -1.29. The van der Waals surface area contributed by atoms with Crippen molar-refractivity contribution in [2.45, 2.75) is 23.4 Å². The van der Waals surface area contributed by atoms with Crippen LogP contribution in [-0.4, -0.2) is 22.9 Å². The fraction of sp³-hybridized carbons (Fsp3) is 0.211.